The van der Waals surface area contributed by atoms with Gasteiger partial charge in [-0.15, -0.1) is 0 Å². The van der Waals surface area contributed by atoms with Crippen molar-refractivity contribution in [2.45, 2.75) is 57.5 Å². The van der Waals surface area contributed by atoms with Crippen molar-refractivity contribution in [2.75, 3.05) is 66.1 Å². The van der Waals surface area contributed by atoms with Gasteiger partial charge in [-0.1, -0.05) is 99.6 Å². The van der Waals surface area contributed by atoms with Gasteiger partial charge in [0.2, 0.25) is 0 Å². The third kappa shape index (κ3) is 10.5. The van der Waals surface area contributed by atoms with Crippen LogP contribution in [0.1, 0.15) is 59.5 Å². The fourth-order valence-electron chi connectivity index (χ4n) is 8.46. The molecule has 4 aromatic carbocycles. The van der Waals surface area contributed by atoms with Crippen LogP contribution in [-0.2, 0) is 25.5 Å². The highest BCUT2D eigenvalue weighted by Crippen LogP contribution is 2.36. The Balaban J connectivity index is 1.33. The zero-order chi connectivity index (χ0) is 42.4. The van der Waals surface area contributed by atoms with Gasteiger partial charge in [0.25, 0.3) is 14.9 Å². The molecule has 12 heteroatoms. The van der Waals surface area contributed by atoms with Crippen molar-refractivity contribution < 1.29 is 31.9 Å². The number of ether oxygens (including phenoxy) is 2. The Morgan fingerprint density at radius 1 is 0.817 bits per heavy atom. The number of halogens is 3. The highest BCUT2D eigenvalue weighted by Gasteiger charge is 2.41. The molecule has 1 aromatic heterocycles. The fraction of sp³-hybridized carbons (Fsp3) is 0.396. The highest BCUT2D eigenvalue weighted by atomic mass is 28.3. The van der Waals surface area contributed by atoms with Gasteiger partial charge in [-0.3, -0.25) is 14.6 Å². The molecule has 0 N–H and O–H groups in total. The molecule has 0 saturated carbocycles. The minimum Gasteiger partial charge on any atom is -0.398 e. The summed E-state index contributed by atoms with van der Waals surface area (Å²) in [6.45, 7) is 14.3. The maximum absolute atomic E-state index is 15.1. The molecule has 1 amide bonds. The Hall–Kier alpha value is -4.56. The summed E-state index contributed by atoms with van der Waals surface area (Å²) in [5.74, 6) is -0.459. The lowest BCUT2D eigenvalue weighted by molar-refractivity contribution is -0.137. The van der Waals surface area contributed by atoms with Crippen LogP contribution in [0.2, 0.25) is 0 Å². The number of morpholine rings is 1. The molecule has 1 radical (unpaired) electrons. The van der Waals surface area contributed by atoms with Crippen LogP contribution in [0.3, 0.4) is 0 Å². The number of methoxy groups -OCH3 is 1. The van der Waals surface area contributed by atoms with Gasteiger partial charge < -0.3 is 23.4 Å². The fourth-order valence-corrected chi connectivity index (χ4v) is 10.6. The normalized spacial score (nSPS) is 18.9. The zero-order valence-corrected chi connectivity index (χ0v) is 36.2. The van der Waals surface area contributed by atoms with E-state index in [0.717, 1.165) is 59.8 Å². The quantitative estimate of drug-likeness (QED) is 0.118. The molecule has 317 valence electrons. The van der Waals surface area contributed by atoms with Crippen LogP contribution in [0.5, 0.6) is 0 Å². The Kier molecular flexibility index (Phi) is 13.8. The molecule has 3 heterocycles. The highest BCUT2D eigenvalue weighted by molar-refractivity contribution is 6.80. The van der Waals surface area contributed by atoms with Gasteiger partial charge in [0.15, 0.2) is 0 Å². The smallest absolute Gasteiger partial charge is 0.398 e. The van der Waals surface area contributed by atoms with Crippen LogP contribution in [0.4, 0.5) is 13.2 Å². The Morgan fingerprint density at radius 2 is 1.47 bits per heavy atom. The monoisotopic (exact) mass is 837 g/mol. The van der Waals surface area contributed by atoms with Crippen LogP contribution >= 0.6 is 0 Å². The van der Waals surface area contributed by atoms with Gasteiger partial charge in [-0.25, -0.2) is 0 Å². The topological polar surface area (TPSA) is 59.4 Å². The number of hydrogen-bond acceptors (Lipinski definition) is 6. The molecule has 60 heavy (non-hydrogen) atoms. The second kappa shape index (κ2) is 19.0. The average Bonchev–Trinajstić information content (AvgIpc) is 3.79. The summed E-state index contributed by atoms with van der Waals surface area (Å²) < 4.78 is 64.1. The number of nitrogens with zero attached hydrogens (tertiary/aromatic N) is 4. The minimum atomic E-state index is -4.66. The number of benzene rings is 4. The lowest BCUT2D eigenvalue weighted by Gasteiger charge is -2.46. The first-order valence-electron chi connectivity index (χ1n) is 20.8. The molecule has 7 rings (SSSR count). The van der Waals surface area contributed by atoms with Crippen molar-refractivity contribution >= 4 is 25.3 Å². The van der Waals surface area contributed by atoms with Gasteiger partial charge in [-0.05, 0) is 69.7 Å². The number of carbonyl (C=O) groups excluding carboxylic acids is 1. The van der Waals surface area contributed by atoms with Gasteiger partial charge >= 0.3 is 6.18 Å². The van der Waals surface area contributed by atoms with E-state index in [-0.39, 0.29) is 22.8 Å². The summed E-state index contributed by atoms with van der Waals surface area (Å²) in [5.41, 5.74) is 2.45. The molecule has 8 nitrogen and oxygen atoms in total. The molecule has 2 fully saturated rings. The van der Waals surface area contributed by atoms with Crippen molar-refractivity contribution in [1.82, 2.24) is 19.3 Å². The zero-order valence-electron chi connectivity index (χ0n) is 35.2. The standard InChI is InChI=1S/C48H56F3N4O4Si/c1-35-18-19-36(30-43(35)47(2,3)4)45(59-60(41-14-8-6-9-15-41)42-16-10-7-11-17-42)44-33-52(22-23-53-26-27-58-40(32-53)34-57-5)24-25-55(44)46(56)37-28-38(48(49,50)51)31-39(29-37)54-20-12-13-21-54/h6-21,28-31,40,44-45H,22-27,32-34H2,1-5H3/t40-,44+,45?/m0/s1. The van der Waals surface area contributed by atoms with Crippen molar-refractivity contribution in [2.24, 2.45) is 0 Å². The van der Waals surface area contributed by atoms with Crippen LogP contribution in [0.15, 0.2) is 122 Å². The Bertz CT molecular complexity index is 2120. The van der Waals surface area contributed by atoms with Gasteiger partial charge in [0.1, 0.15) is 0 Å². The van der Waals surface area contributed by atoms with E-state index in [2.05, 4.69) is 80.0 Å². The van der Waals surface area contributed by atoms with Gasteiger partial charge in [0, 0.05) is 76.6 Å². The summed E-state index contributed by atoms with van der Waals surface area (Å²) >= 11 is 0. The van der Waals surface area contributed by atoms with E-state index in [1.165, 1.54) is 5.56 Å². The van der Waals surface area contributed by atoms with Crippen LogP contribution in [-0.4, -0.2) is 112 Å². The van der Waals surface area contributed by atoms with Crippen molar-refractivity contribution in [3.63, 3.8) is 0 Å². The number of piperazine rings is 1. The number of carbonyl (C=O) groups is 1. The summed E-state index contributed by atoms with van der Waals surface area (Å²) in [6.07, 6.45) is -1.92. The SMILES string of the molecule is COC[C@@H]1CN(CCN2CCN(C(=O)c3cc(-n4cccc4)cc(C(F)(F)F)c3)[C@@H](C(O[Si](c3ccccc3)c3ccccc3)c3ccc(C)c(C(C)(C)C)c3)C2)CCO1. The van der Waals surface area contributed by atoms with Crippen molar-refractivity contribution in [3.05, 3.63) is 149 Å². The lowest BCUT2D eigenvalue weighted by Crippen LogP contribution is -2.60. The molecular formula is C48H56F3N4O4Si. The van der Waals surface area contributed by atoms with E-state index in [4.69, 9.17) is 13.9 Å². The molecule has 2 aliphatic heterocycles. The summed E-state index contributed by atoms with van der Waals surface area (Å²) in [4.78, 5) is 21.7. The van der Waals surface area contributed by atoms with E-state index in [0.29, 0.717) is 32.8 Å². The molecular weight excluding hydrogens is 782 g/mol. The largest absolute Gasteiger partial charge is 0.416 e. The number of amides is 1. The molecule has 0 spiro atoms. The minimum absolute atomic E-state index is 0.00253. The molecule has 3 atom stereocenters. The van der Waals surface area contributed by atoms with E-state index in [1.807, 2.05) is 36.4 Å². The number of alkyl halides is 3. The first-order valence-corrected chi connectivity index (χ1v) is 22.2. The predicted molar refractivity (Wildman–Crippen MR) is 232 cm³/mol. The van der Waals surface area contributed by atoms with E-state index in [1.54, 1.807) is 47.2 Å². The van der Waals surface area contributed by atoms with E-state index in [9.17, 15) is 13.2 Å². The predicted octanol–water partition coefficient (Wildman–Crippen LogP) is 7.14. The second-order valence-corrected chi connectivity index (χ2v) is 18.9. The number of rotatable bonds is 13. The summed E-state index contributed by atoms with van der Waals surface area (Å²) in [7, 11) is -0.242. The van der Waals surface area contributed by atoms with Crippen LogP contribution in [0, 0.1) is 6.92 Å². The maximum Gasteiger partial charge on any atom is 0.416 e. The van der Waals surface area contributed by atoms with Crippen molar-refractivity contribution in [1.29, 1.82) is 0 Å². The summed E-state index contributed by atoms with van der Waals surface area (Å²) in [5, 5.41) is 2.11. The van der Waals surface area contributed by atoms with Gasteiger partial charge in [-0.2, -0.15) is 13.2 Å². The summed E-state index contributed by atoms with van der Waals surface area (Å²) in [6, 6.07) is 33.5. The molecule has 2 saturated heterocycles. The first-order chi connectivity index (χ1) is 28.8. The molecule has 0 bridgehead atoms. The number of hydrogen-bond donors (Lipinski definition) is 0. The molecule has 1 unspecified atom stereocenters. The van der Waals surface area contributed by atoms with Crippen LogP contribution in [0.25, 0.3) is 5.69 Å². The Labute approximate surface area is 354 Å². The van der Waals surface area contributed by atoms with E-state index < -0.39 is 38.8 Å². The third-order valence-electron chi connectivity index (χ3n) is 11.5. The Morgan fingerprint density at radius 3 is 2.08 bits per heavy atom. The number of aromatic nitrogens is 1. The van der Waals surface area contributed by atoms with E-state index >= 15 is 4.79 Å². The average molecular weight is 838 g/mol. The van der Waals surface area contributed by atoms with Crippen LogP contribution < -0.4 is 10.4 Å². The molecule has 0 aliphatic carbocycles. The second-order valence-electron chi connectivity index (χ2n) is 16.9. The van der Waals surface area contributed by atoms with Crippen molar-refractivity contribution in [3.8, 4) is 5.69 Å². The first kappa shape index (κ1) is 43.5. The maximum atomic E-state index is 15.1. The third-order valence-corrected chi connectivity index (χ3v) is 13.7. The lowest BCUT2D eigenvalue weighted by atomic mass is 9.82. The van der Waals surface area contributed by atoms with Gasteiger partial charge in [0.05, 0.1) is 37.0 Å². The number of aryl methyl sites for hydroxylation is 1. The molecule has 2 aliphatic rings. The molecule has 5 aromatic rings.